The van der Waals surface area contributed by atoms with Crippen LogP contribution in [0.5, 0.6) is 0 Å². The van der Waals surface area contributed by atoms with E-state index in [9.17, 15) is 4.79 Å². The summed E-state index contributed by atoms with van der Waals surface area (Å²) in [5, 5.41) is 2.36. The van der Waals surface area contributed by atoms with E-state index in [1.165, 1.54) is 25.8 Å². The van der Waals surface area contributed by atoms with Gasteiger partial charge in [-0.25, -0.2) is 4.79 Å². The molecule has 0 aliphatic carbocycles. The lowest BCUT2D eigenvalue weighted by Gasteiger charge is -2.19. The molecule has 0 amide bonds. The van der Waals surface area contributed by atoms with E-state index in [2.05, 4.69) is 5.32 Å². The molecule has 1 aliphatic rings. The van der Waals surface area contributed by atoms with Crippen molar-refractivity contribution in [2.45, 2.75) is 31.7 Å². The van der Waals surface area contributed by atoms with Gasteiger partial charge in [0.25, 0.3) is 0 Å². The predicted octanol–water partition coefficient (Wildman–Crippen LogP) is -2.06. The normalized spacial score (nSPS) is 18.4. The summed E-state index contributed by atoms with van der Waals surface area (Å²) in [4.78, 5) is 11.8. The number of rotatable bonds is 4. The Balaban J connectivity index is 0.00000180. The van der Waals surface area contributed by atoms with Gasteiger partial charge in [0, 0.05) is 12.1 Å². The summed E-state index contributed by atoms with van der Waals surface area (Å²) in [7, 11) is 0. The Labute approximate surface area is 120 Å². The maximum atomic E-state index is 11.8. The lowest BCUT2D eigenvalue weighted by atomic mass is 10.0. The summed E-state index contributed by atoms with van der Waals surface area (Å²) < 4.78 is 5.27. The van der Waals surface area contributed by atoms with Crippen molar-refractivity contribution in [2.75, 3.05) is 18.9 Å². The number of halogens is 1. The van der Waals surface area contributed by atoms with Gasteiger partial charge in [-0.05, 0) is 31.4 Å². The number of quaternary nitrogens is 1. The number of nitrogens with two attached hydrogens (primary N) is 2. The maximum absolute atomic E-state index is 11.8. The SMILES string of the molecule is Nc1ccccc1C(=O)OCCC1CCCC[NH2+]1.[Cl-]. The fourth-order valence-electron chi connectivity index (χ4n) is 2.35. The van der Waals surface area contributed by atoms with Crippen LogP contribution in [0.2, 0.25) is 0 Å². The van der Waals surface area contributed by atoms with Crippen molar-refractivity contribution in [3.63, 3.8) is 0 Å². The minimum atomic E-state index is -0.316. The van der Waals surface area contributed by atoms with Crippen LogP contribution in [-0.4, -0.2) is 25.2 Å². The fraction of sp³-hybridized carbons (Fsp3) is 0.500. The Bertz CT molecular complexity index is 406. The molecular formula is C14H21ClN2O2. The number of anilines is 1. The van der Waals surface area contributed by atoms with Crippen molar-refractivity contribution in [2.24, 2.45) is 0 Å². The van der Waals surface area contributed by atoms with Crippen LogP contribution in [0, 0.1) is 0 Å². The minimum absolute atomic E-state index is 0. The molecule has 0 saturated carbocycles. The minimum Gasteiger partial charge on any atom is -1.00 e. The first-order chi connectivity index (χ1) is 8.77. The highest BCUT2D eigenvalue weighted by Crippen LogP contribution is 2.12. The molecule has 19 heavy (non-hydrogen) atoms. The van der Waals surface area contributed by atoms with Gasteiger partial charge in [0.15, 0.2) is 0 Å². The molecule has 106 valence electrons. The Hall–Kier alpha value is -1.26. The summed E-state index contributed by atoms with van der Waals surface area (Å²) in [5.41, 5.74) is 6.67. The van der Waals surface area contributed by atoms with Gasteiger partial charge in [-0.2, -0.15) is 0 Å². The summed E-state index contributed by atoms with van der Waals surface area (Å²) >= 11 is 0. The third-order valence-electron chi connectivity index (χ3n) is 3.43. The van der Waals surface area contributed by atoms with Crippen LogP contribution >= 0.6 is 0 Å². The van der Waals surface area contributed by atoms with Crippen molar-refractivity contribution >= 4 is 11.7 Å². The lowest BCUT2D eigenvalue weighted by Crippen LogP contribution is -3.00. The zero-order chi connectivity index (χ0) is 12.8. The van der Waals surface area contributed by atoms with Crippen LogP contribution < -0.4 is 23.5 Å². The van der Waals surface area contributed by atoms with Crippen LogP contribution in [0.1, 0.15) is 36.0 Å². The molecule has 1 saturated heterocycles. The van der Waals surface area contributed by atoms with Gasteiger partial charge in [0.2, 0.25) is 0 Å². The molecular weight excluding hydrogens is 264 g/mol. The zero-order valence-electron chi connectivity index (χ0n) is 11.0. The van der Waals surface area contributed by atoms with E-state index in [1.807, 2.05) is 6.07 Å². The van der Waals surface area contributed by atoms with Crippen molar-refractivity contribution in [1.29, 1.82) is 0 Å². The number of hydrogen-bond donors (Lipinski definition) is 2. The van der Waals surface area contributed by atoms with Gasteiger partial charge in [0.05, 0.1) is 24.8 Å². The predicted molar refractivity (Wildman–Crippen MR) is 70.2 cm³/mol. The number of nitrogen functional groups attached to an aromatic ring is 1. The van der Waals surface area contributed by atoms with Gasteiger partial charge >= 0.3 is 5.97 Å². The molecule has 0 aromatic heterocycles. The number of benzene rings is 1. The Morgan fingerprint density at radius 3 is 2.84 bits per heavy atom. The lowest BCUT2D eigenvalue weighted by molar-refractivity contribution is -0.698. The molecule has 1 aliphatic heterocycles. The summed E-state index contributed by atoms with van der Waals surface area (Å²) in [6, 6.07) is 7.63. The summed E-state index contributed by atoms with van der Waals surface area (Å²) in [6.45, 7) is 1.68. The molecule has 1 heterocycles. The average Bonchev–Trinajstić information content (AvgIpc) is 2.40. The molecule has 0 spiro atoms. The first-order valence-corrected chi connectivity index (χ1v) is 6.62. The quantitative estimate of drug-likeness (QED) is 0.493. The third-order valence-corrected chi connectivity index (χ3v) is 3.43. The van der Waals surface area contributed by atoms with Gasteiger partial charge in [-0.15, -0.1) is 0 Å². The second-order valence-electron chi connectivity index (χ2n) is 4.79. The fourth-order valence-corrected chi connectivity index (χ4v) is 2.35. The van der Waals surface area contributed by atoms with Crippen molar-refractivity contribution in [3.8, 4) is 0 Å². The second kappa shape index (κ2) is 8.02. The van der Waals surface area contributed by atoms with Crippen molar-refractivity contribution in [3.05, 3.63) is 29.8 Å². The molecule has 4 N–H and O–H groups in total. The Kier molecular flexibility index (Phi) is 6.67. The van der Waals surface area contributed by atoms with Crippen LogP contribution in [-0.2, 0) is 4.74 Å². The maximum Gasteiger partial charge on any atom is 0.340 e. The number of carbonyl (C=O) groups excluding carboxylic acids is 1. The number of piperidine rings is 1. The van der Waals surface area contributed by atoms with E-state index < -0.39 is 0 Å². The first-order valence-electron chi connectivity index (χ1n) is 6.62. The third kappa shape index (κ3) is 4.73. The van der Waals surface area contributed by atoms with Gasteiger partial charge in [0.1, 0.15) is 0 Å². The number of para-hydroxylation sites is 1. The molecule has 5 heteroatoms. The number of hydrogen-bond acceptors (Lipinski definition) is 3. The highest BCUT2D eigenvalue weighted by atomic mass is 35.5. The van der Waals surface area contributed by atoms with Crippen LogP contribution in [0.25, 0.3) is 0 Å². The van der Waals surface area contributed by atoms with E-state index in [0.29, 0.717) is 23.9 Å². The smallest absolute Gasteiger partial charge is 0.340 e. The number of esters is 1. The molecule has 1 aromatic carbocycles. The van der Waals surface area contributed by atoms with E-state index in [1.54, 1.807) is 18.2 Å². The molecule has 0 radical (unpaired) electrons. The van der Waals surface area contributed by atoms with Gasteiger partial charge < -0.3 is 28.2 Å². The standard InChI is InChI=1S/C14H20N2O2.ClH/c15-13-7-2-1-6-12(13)14(17)18-10-8-11-5-3-4-9-16-11;/h1-2,6-7,11,16H,3-5,8-10,15H2;1H. The molecule has 1 aromatic rings. The molecule has 0 bridgehead atoms. The molecule has 1 unspecified atom stereocenters. The average molecular weight is 285 g/mol. The summed E-state index contributed by atoms with van der Waals surface area (Å²) in [5.74, 6) is -0.316. The molecule has 1 fully saturated rings. The number of ether oxygens (including phenoxy) is 1. The molecule has 1 atom stereocenters. The van der Waals surface area contributed by atoms with Crippen LogP contribution in [0.4, 0.5) is 5.69 Å². The second-order valence-corrected chi connectivity index (χ2v) is 4.79. The largest absolute Gasteiger partial charge is 1.00 e. The molecule has 4 nitrogen and oxygen atoms in total. The van der Waals surface area contributed by atoms with E-state index in [0.717, 1.165) is 6.42 Å². The number of carbonyl (C=O) groups is 1. The van der Waals surface area contributed by atoms with Crippen molar-refractivity contribution in [1.82, 2.24) is 0 Å². The van der Waals surface area contributed by atoms with Crippen LogP contribution in [0.3, 0.4) is 0 Å². The van der Waals surface area contributed by atoms with E-state index >= 15 is 0 Å². The van der Waals surface area contributed by atoms with Gasteiger partial charge in [-0.1, -0.05) is 12.1 Å². The Morgan fingerprint density at radius 1 is 1.37 bits per heavy atom. The first kappa shape index (κ1) is 15.8. The zero-order valence-corrected chi connectivity index (χ0v) is 11.7. The van der Waals surface area contributed by atoms with Crippen LogP contribution in [0.15, 0.2) is 24.3 Å². The molecule has 2 rings (SSSR count). The topological polar surface area (TPSA) is 68.9 Å². The van der Waals surface area contributed by atoms with Crippen molar-refractivity contribution < 1.29 is 27.3 Å². The highest BCUT2D eigenvalue weighted by Gasteiger charge is 2.17. The highest BCUT2D eigenvalue weighted by molar-refractivity contribution is 5.94. The summed E-state index contributed by atoms with van der Waals surface area (Å²) in [6.07, 6.45) is 4.75. The van der Waals surface area contributed by atoms with Gasteiger partial charge in [-0.3, -0.25) is 0 Å². The van der Waals surface area contributed by atoms with E-state index in [4.69, 9.17) is 10.5 Å². The Morgan fingerprint density at radius 2 is 2.16 bits per heavy atom. The van der Waals surface area contributed by atoms with E-state index in [-0.39, 0.29) is 18.4 Å². The monoisotopic (exact) mass is 284 g/mol.